The zero-order valence-electron chi connectivity index (χ0n) is 28.0. The Morgan fingerprint density at radius 2 is 0.944 bits per heavy atom. The van der Waals surface area contributed by atoms with Gasteiger partial charge in [-0.3, -0.25) is 0 Å². The van der Waals surface area contributed by atoms with Gasteiger partial charge in [-0.15, -0.1) is 22.7 Å². The van der Waals surface area contributed by atoms with Crippen LogP contribution in [0.4, 0.5) is 13.2 Å². The number of halogens is 3. The maximum atomic E-state index is 13.4. The van der Waals surface area contributed by atoms with E-state index in [1.54, 1.807) is 22.7 Å². The molecule has 0 aliphatic carbocycles. The van der Waals surface area contributed by atoms with E-state index in [4.69, 9.17) is 24.9 Å². The van der Waals surface area contributed by atoms with Crippen molar-refractivity contribution in [2.75, 3.05) is 0 Å². The molecule has 10 heteroatoms. The Hall–Kier alpha value is -6.36. The van der Waals surface area contributed by atoms with Crippen LogP contribution < -0.4 is 0 Å². The van der Waals surface area contributed by atoms with E-state index >= 15 is 0 Å². The molecule has 0 aliphatic rings. The first-order chi connectivity index (χ1) is 26.4. The minimum Gasteiger partial charge on any atom is -0.226 e. The SMILES string of the molecule is FC(F)(F)c1ccc(-c2nc(-c3ccc4sc5cc(-c6nc(-c7ccccc7)nc(-c7ccccc7)n6)ccc5c4c3)nc3c2sc2ccccc23)cc1. The summed E-state index contributed by atoms with van der Waals surface area (Å²) in [5.41, 5.74) is 4.79. The van der Waals surface area contributed by atoms with E-state index in [1.807, 2.05) is 97.1 Å². The molecule has 4 heterocycles. The molecule has 0 N–H and O–H groups in total. The minimum absolute atomic E-state index is 0.505. The lowest BCUT2D eigenvalue weighted by Crippen LogP contribution is -2.04. The molecule has 0 bridgehead atoms. The number of hydrogen-bond donors (Lipinski definition) is 0. The van der Waals surface area contributed by atoms with Gasteiger partial charge in [0.15, 0.2) is 23.3 Å². The van der Waals surface area contributed by atoms with E-state index in [0.29, 0.717) is 34.6 Å². The van der Waals surface area contributed by atoms with Crippen LogP contribution >= 0.6 is 22.7 Å². The van der Waals surface area contributed by atoms with Crippen molar-refractivity contribution in [3.8, 4) is 56.8 Å². The Kier molecular flexibility index (Phi) is 7.57. The normalized spacial score (nSPS) is 12.0. The fourth-order valence-electron chi connectivity index (χ4n) is 6.73. The van der Waals surface area contributed by atoms with Crippen LogP contribution in [0.2, 0.25) is 0 Å². The van der Waals surface area contributed by atoms with Crippen LogP contribution in [0.3, 0.4) is 0 Å². The van der Waals surface area contributed by atoms with Crippen LogP contribution in [-0.4, -0.2) is 24.9 Å². The van der Waals surface area contributed by atoms with Gasteiger partial charge in [0.2, 0.25) is 0 Å². The fourth-order valence-corrected chi connectivity index (χ4v) is 9.01. The molecule has 6 aromatic carbocycles. The van der Waals surface area contributed by atoms with Crippen molar-refractivity contribution in [3.63, 3.8) is 0 Å². The molecule has 4 aromatic heterocycles. The van der Waals surface area contributed by atoms with Gasteiger partial charge >= 0.3 is 6.18 Å². The maximum absolute atomic E-state index is 13.4. The number of nitrogens with zero attached hydrogens (tertiary/aromatic N) is 5. The molecule has 0 spiro atoms. The standard InChI is InChI=1S/C44H24F3N5S2/c45-44(46,47)30-19-15-25(16-20-30)37-39-38(32-13-7-8-14-34(32)54-39)49-42(48-37)28-18-22-35-33(23-28)31-21-17-29(24-36(31)53-35)43-51-40(26-9-3-1-4-10-26)50-41(52-43)27-11-5-2-6-12-27/h1-24H. The highest BCUT2D eigenvalue weighted by molar-refractivity contribution is 7.26. The van der Waals surface area contributed by atoms with Crippen LogP contribution in [-0.2, 0) is 6.18 Å². The van der Waals surface area contributed by atoms with E-state index in [2.05, 4.69) is 24.3 Å². The highest BCUT2D eigenvalue weighted by atomic mass is 32.1. The molecule has 258 valence electrons. The first-order valence-electron chi connectivity index (χ1n) is 17.1. The number of hydrogen-bond acceptors (Lipinski definition) is 7. The molecule has 0 saturated carbocycles. The largest absolute Gasteiger partial charge is 0.416 e. The van der Waals surface area contributed by atoms with E-state index in [0.717, 1.165) is 74.9 Å². The Labute approximate surface area is 314 Å². The lowest BCUT2D eigenvalue weighted by molar-refractivity contribution is -0.137. The monoisotopic (exact) mass is 743 g/mol. The van der Waals surface area contributed by atoms with Crippen LogP contribution in [0.15, 0.2) is 146 Å². The lowest BCUT2D eigenvalue weighted by Gasteiger charge is -2.10. The summed E-state index contributed by atoms with van der Waals surface area (Å²) in [6.07, 6.45) is -4.43. The molecular weight excluding hydrogens is 720 g/mol. The Bertz CT molecular complexity index is 2970. The number of alkyl halides is 3. The van der Waals surface area contributed by atoms with Crippen molar-refractivity contribution in [1.82, 2.24) is 24.9 Å². The average Bonchev–Trinajstić information content (AvgIpc) is 3.78. The van der Waals surface area contributed by atoms with Gasteiger partial charge < -0.3 is 0 Å². The average molecular weight is 744 g/mol. The summed E-state index contributed by atoms with van der Waals surface area (Å²) in [5, 5.41) is 3.11. The van der Waals surface area contributed by atoms with Gasteiger partial charge in [0, 0.05) is 58.1 Å². The first kappa shape index (κ1) is 32.3. The molecule has 0 aliphatic heterocycles. The van der Waals surface area contributed by atoms with Gasteiger partial charge in [0.05, 0.1) is 21.5 Å². The van der Waals surface area contributed by atoms with Gasteiger partial charge in [0.25, 0.3) is 0 Å². The van der Waals surface area contributed by atoms with Gasteiger partial charge in [0.1, 0.15) is 0 Å². The number of fused-ring (bicyclic) bond motifs is 6. The summed E-state index contributed by atoms with van der Waals surface area (Å²) in [6, 6.07) is 45.4. The second-order valence-electron chi connectivity index (χ2n) is 12.8. The third-order valence-electron chi connectivity index (χ3n) is 9.39. The van der Waals surface area contributed by atoms with Crippen molar-refractivity contribution in [2.45, 2.75) is 6.18 Å². The number of aromatic nitrogens is 5. The van der Waals surface area contributed by atoms with E-state index in [1.165, 1.54) is 12.1 Å². The second-order valence-corrected chi connectivity index (χ2v) is 14.9. The summed E-state index contributed by atoms with van der Waals surface area (Å²) in [6.45, 7) is 0. The highest BCUT2D eigenvalue weighted by Crippen LogP contribution is 2.42. The summed E-state index contributed by atoms with van der Waals surface area (Å²) in [7, 11) is 0. The molecule has 0 saturated heterocycles. The van der Waals surface area contributed by atoms with Gasteiger partial charge in [-0.25, -0.2) is 24.9 Å². The van der Waals surface area contributed by atoms with Gasteiger partial charge in [-0.05, 0) is 42.5 Å². The minimum atomic E-state index is -4.43. The van der Waals surface area contributed by atoms with Crippen molar-refractivity contribution < 1.29 is 13.2 Å². The molecule has 0 amide bonds. The van der Waals surface area contributed by atoms with Crippen molar-refractivity contribution in [3.05, 3.63) is 151 Å². The third kappa shape index (κ3) is 5.67. The predicted octanol–water partition coefficient (Wildman–Crippen LogP) is 12.8. The molecule has 5 nitrogen and oxygen atoms in total. The van der Waals surface area contributed by atoms with Gasteiger partial charge in [-0.2, -0.15) is 13.2 Å². The van der Waals surface area contributed by atoms with E-state index in [-0.39, 0.29) is 0 Å². The molecule has 10 rings (SSSR count). The van der Waals surface area contributed by atoms with Crippen LogP contribution in [0.25, 0.3) is 97.3 Å². The summed E-state index contributed by atoms with van der Waals surface area (Å²) < 4.78 is 44.4. The number of thiophene rings is 2. The van der Waals surface area contributed by atoms with Crippen LogP contribution in [0.1, 0.15) is 5.56 Å². The summed E-state index contributed by atoms with van der Waals surface area (Å²) in [5.74, 6) is 2.30. The Morgan fingerprint density at radius 3 is 1.63 bits per heavy atom. The molecule has 0 fully saturated rings. The van der Waals surface area contributed by atoms with Crippen molar-refractivity contribution in [2.24, 2.45) is 0 Å². The Balaban J connectivity index is 1.09. The summed E-state index contributed by atoms with van der Waals surface area (Å²) >= 11 is 3.22. The van der Waals surface area contributed by atoms with Crippen LogP contribution in [0, 0.1) is 0 Å². The molecule has 0 unspecified atom stereocenters. The van der Waals surface area contributed by atoms with Crippen molar-refractivity contribution in [1.29, 1.82) is 0 Å². The smallest absolute Gasteiger partial charge is 0.226 e. The Morgan fingerprint density at radius 1 is 0.389 bits per heavy atom. The molecule has 0 atom stereocenters. The van der Waals surface area contributed by atoms with E-state index < -0.39 is 11.7 Å². The fraction of sp³-hybridized carbons (Fsp3) is 0.0227. The molecule has 54 heavy (non-hydrogen) atoms. The van der Waals surface area contributed by atoms with E-state index in [9.17, 15) is 13.2 Å². The zero-order valence-corrected chi connectivity index (χ0v) is 29.7. The zero-order chi connectivity index (χ0) is 36.4. The lowest BCUT2D eigenvalue weighted by atomic mass is 10.1. The number of rotatable bonds is 5. The maximum Gasteiger partial charge on any atom is 0.416 e. The third-order valence-corrected chi connectivity index (χ3v) is 11.7. The van der Waals surface area contributed by atoms with Crippen LogP contribution in [0.5, 0.6) is 0 Å². The summed E-state index contributed by atoms with van der Waals surface area (Å²) in [4.78, 5) is 24.8. The number of benzene rings is 6. The molecule has 0 radical (unpaired) electrons. The molecular formula is C44H24F3N5S2. The first-order valence-corrected chi connectivity index (χ1v) is 18.7. The predicted molar refractivity (Wildman–Crippen MR) is 213 cm³/mol. The van der Waals surface area contributed by atoms with Gasteiger partial charge in [-0.1, -0.05) is 103 Å². The molecule has 10 aromatic rings. The van der Waals surface area contributed by atoms with Crippen molar-refractivity contribution >= 4 is 63.1 Å². The highest BCUT2D eigenvalue weighted by Gasteiger charge is 2.30. The second kappa shape index (κ2) is 12.6. The quantitative estimate of drug-likeness (QED) is 0.176. The topological polar surface area (TPSA) is 64.5 Å².